The van der Waals surface area contributed by atoms with Gasteiger partial charge in [0.2, 0.25) is 0 Å². The molecule has 0 saturated carbocycles. The minimum atomic E-state index is 0.333. The molecule has 0 spiro atoms. The molecule has 0 atom stereocenters. The molecule has 2 rings (SSSR count). The van der Waals surface area contributed by atoms with Gasteiger partial charge in [0, 0.05) is 5.56 Å². The number of nitrogens with zero attached hydrogens (tertiary/aromatic N) is 2. The Bertz CT molecular complexity index is 597. The van der Waals surface area contributed by atoms with Gasteiger partial charge in [-0.15, -0.1) is 0 Å². The predicted molar refractivity (Wildman–Crippen MR) is 88.7 cm³/mol. The molecule has 0 aliphatic heterocycles. The maximum Gasteiger partial charge on any atom is 0.161 e. The molecule has 2 nitrogen and oxygen atoms in total. The number of rotatable bonds is 3. The van der Waals surface area contributed by atoms with E-state index in [0.717, 1.165) is 27.1 Å². The SMILES string of the molecule is CCc1ccccc1-c1nc(Cl)c(I)c(C(C)C)n1. The van der Waals surface area contributed by atoms with Crippen LogP contribution in [0.5, 0.6) is 0 Å². The fraction of sp³-hybridized carbons (Fsp3) is 0.333. The van der Waals surface area contributed by atoms with Crippen LogP contribution in [0.15, 0.2) is 24.3 Å². The molecule has 0 bridgehead atoms. The van der Waals surface area contributed by atoms with Crippen LogP contribution in [-0.4, -0.2) is 9.97 Å². The number of hydrogen-bond donors (Lipinski definition) is 0. The van der Waals surface area contributed by atoms with Crippen LogP contribution in [0.25, 0.3) is 11.4 Å². The van der Waals surface area contributed by atoms with Crippen molar-refractivity contribution in [2.45, 2.75) is 33.1 Å². The Morgan fingerprint density at radius 2 is 1.89 bits per heavy atom. The Morgan fingerprint density at radius 1 is 1.21 bits per heavy atom. The zero-order chi connectivity index (χ0) is 14.0. The summed E-state index contributed by atoms with van der Waals surface area (Å²) < 4.78 is 0.951. The van der Waals surface area contributed by atoms with Gasteiger partial charge >= 0.3 is 0 Å². The first-order chi connectivity index (χ1) is 9.04. The van der Waals surface area contributed by atoms with Crippen molar-refractivity contribution in [3.8, 4) is 11.4 Å². The lowest BCUT2D eigenvalue weighted by Crippen LogP contribution is -2.03. The third kappa shape index (κ3) is 3.08. The van der Waals surface area contributed by atoms with Crippen LogP contribution in [0.1, 0.15) is 37.9 Å². The number of benzene rings is 1. The van der Waals surface area contributed by atoms with Crippen molar-refractivity contribution in [3.63, 3.8) is 0 Å². The van der Waals surface area contributed by atoms with Gasteiger partial charge in [0.1, 0.15) is 5.15 Å². The fourth-order valence-electron chi connectivity index (χ4n) is 1.99. The molecule has 100 valence electrons. The molecule has 0 saturated heterocycles. The second kappa shape index (κ2) is 6.18. The van der Waals surface area contributed by atoms with E-state index in [-0.39, 0.29) is 0 Å². The summed E-state index contributed by atoms with van der Waals surface area (Å²) in [6, 6.07) is 8.22. The van der Waals surface area contributed by atoms with Crippen molar-refractivity contribution in [3.05, 3.63) is 44.2 Å². The summed E-state index contributed by atoms with van der Waals surface area (Å²) in [5, 5.41) is 0.542. The van der Waals surface area contributed by atoms with Gasteiger partial charge in [-0.3, -0.25) is 0 Å². The number of aromatic nitrogens is 2. The van der Waals surface area contributed by atoms with E-state index in [4.69, 9.17) is 16.6 Å². The molecule has 1 aromatic carbocycles. The Balaban J connectivity index is 2.63. The molecule has 0 fully saturated rings. The Labute approximate surface area is 132 Å². The van der Waals surface area contributed by atoms with Crippen LogP contribution in [0.2, 0.25) is 5.15 Å². The zero-order valence-electron chi connectivity index (χ0n) is 11.2. The standard InChI is InChI=1S/C15H16ClIN2/c1-4-10-7-5-6-8-11(10)15-18-13(9(2)3)12(17)14(16)19-15/h5-9H,4H2,1-3H3. The summed E-state index contributed by atoms with van der Waals surface area (Å²) in [6.07, 6.45) is 0.958. The molecule has 0 aliphatic rings. The maximum atomic E-state index is 6.25. The molecule has 0 N–H and O–H groups in total. The highest BCUT2D eigenvalue weighted by molar-refractivity contribution is 14.1. The zero-order valence-corrected chi connectivity index (χ0v) is 14.2. The number of aryl methyl sites for hydroxylation is 1. The highest BCUT2D eigenvalue weighted by Gasteiger charge is 2.15. The monoisotopic (exact) mass is 386 g/mol. The summed E-state index contributed by atoms with van der Waals surface area (Å²) in [6.45, 7) is 6.38. The molecule has 4 heteroatoms. The van der Waals surface area contributed by atoms with Crippen molar-refractivity contribution in [2.75, 3.05) is 0 Å². The van der Waals surface area contributed by atoms with E-state index >= 15 is 0 Å². The smallest absolute Gasteiger partial charge is 0.161 e. The third-order valence-electron chi connectivity index (χ3n) is 3.02. The number of hydrogen-bond acceptors (Lipinski definition) is 2. The lowest BCUT2D eigenvalue weighted by atomic mass is 10.0. The predicted octanol–water partition coefficient (Wildman–Crippen LogP) is 5.09. The quantitative estimate of drug-likeness (QED) is 0.542. The highest BCUT2D eigenvalue weighted by atomic mass is 127. The van der Waals surface area contributed by atoms with Crippen LogP contribution in [0.4, 0.5) is 0 Å². The second-order valence-corrected chi connectivity index (χ2v) is 6.14. The summed E-state index contributed by atoms with van der Waals surface area (Å²) in [5.41, 5.74) is 3.33. The van der Waals surface area contributed by atoms with Crippen molar-refractivity contribution in [1.29, 1.82) is 0 Å². The van der Waals surface area contributed by atoms with Gasteiger partial charge in [0.25, 0.3) is 0 Å². The minimum absolute atomic E-state index is 0.333. The first-order valence-electron chi connectivity index (χ1n) is 6.35. The van der Waals surface area contributed by atoms with E-state index in [1.807, 2.05) is 12.1 Å². The lowest BCUT2D eigenvalue weighted by molar-refractivity contribution is 0.808. The normalized spacial score (nSPS) is 11.1. The van der Waals surface area contributed by atoms with Gasteiger partial charge in [-0.2, -0.15) is 0 Å². The molecule has 0 unspecified atom stereocenters. The third-order valence-corrected chi connectivity index (χ3v) is 4.68. The van der Waals surface area contributed by atoms with Crippen molar-refractivity contribution in [2.24, 2.45) is 0 Å². The first-order valence-corrected chi connectivity index (χ1v) is 7.81. The Kier molecular flexibility index (Phi) is 4.79. The van der Waals surface area contributed by atoms with Gasteiger partial charge in [-0.05, 0) is 40.5 Å². The molecular weight excluding hydrogens is 371 g/mol. The fourth-order valence-corrected chi connectivity index (χ4v) is 3.03. The largest absolute Gasteiger partial charge is 0.232 e. The first kappa shape index (κ1) is 14.7. The van der Waals surface area contributed by atoms with E-state index < -0.39 is 0 Å². The van der Waals surface area contributed by atoms with Gasteiger partial charge in [-0.25, -0.2) is 9.97 Å². The lowest BCUT2D eigenvalue weighted by Gasteiger charge is -2.12. The average molecular weight is 387 g/mol. The van der Waals surface area contributed by atoms with Gasteiger partial charge < -0.3 is 0 Å². The van der Waals surface area contributed by atoms with Gasteiger partial charge in [-0.1, -0.05) is 56.6 Å². The maximum absolute atomic E-state index is 6.25. The van der Waals surface area contributed by atoms with E-state index in [1.165, 1.54) is 5.56 Å². The van der Waals surface area contributed by atoms with E-state index in [0.29, 0.717) is 11.1 Å². The molecule has 0 radical (unpaired) electrons. The van der Waals surface area contributed by atoms with Crippen molar-refractivity contribution < 1.29 is 0 Å². The van der Waals surface area contributed by atoms with Crippen LogP contribution < -0.4 is 0 Å². The molecular formula is C15H16ClIN2. The summed E-state index contributed by atoms with van der Waals surface area (Å²) in [5.74, 6) is 1.06. The molecule has 19 heavy (non-hydrogen) atoms. The van der Waals surface area contributed by atoms with E-state index in [2.05, 4.69) is 60.5 Å². The van der Waals surface area contributed by atoms with E-state index in [9.17, 15) is 0 Å². The van der Waals surface area contributed by atoms with Crippen molar-refractivity contribution in [1.82, 2.24) is 9.97 Å². The Hall–Kier alpha value is -0.680. The molecule has 1 heterocycles. The molecule has 2 aromatic rings. The van der Waals surface area contributed by atoms with Crippen molar-refractivity contribution >= 4 is 34.2 Å². The molecule has 0 amide bonds. The van der Waals surface area contributed by atoms with E-state index in [1.54, 1.807) is 0 Å². The summed E-state index contributed by atoms with van der Waals surface area (Å²) in [4.78, 5) is 9.15. The summed E-state index contributed by atoms with van der Waals surface area (Å²) in [7, 11) is 0. The average Bonchev–Trinajstić information content (AvgIpc) is 2.41. The van der Waals surface area contributed by atoms with Crippen LogP contribution in [0.3, 0.4) is 0 Å². The molecule has 0 aliphatic carbocycles. The highest BCUT2D eigenvalue weighted by Crippen LogP contribution is 2.29. The minimum Gasteiger partial charge on any atom is -0.232 e. The van der Waals surface area contributed by atoms with Crippen LogP contribution in [-0.2, 0) is 6.42 Å². The Morgan fingerprint density at radius 3 is 2.53 bits per heavy atom. The van der Waals surface area contributed by atoms with Gasteiger partial charge in [0.15, 0.2) is 5.82 Å². The van der Waals surface area contributed by atoms with Gasteiger partial charge in [0.05, 0.1) is 9.26 Å². The summed E-state index contributed by atoms with van der Waals surface area (Å²) >= 11 is 8.47. The molecule has 1 aromatic heterocycles. The topological polar surface area (TPSA) is 25.8 Å². The van der Waals surface area contributed by atoms with Crippen LogP contribution >= 0.6 is 34.2 Å². The second-order valence-electron chi connectivity index (χ2n) is 4.70. The number of halogens is 2. The van der Waals surface area contributed by atoms with Crippen LogP contribution in [0, 0.1) is 3.57 Å².